The molecule has 0 aliphatic carbocycles. The van der Waals surface area contributed by atoms with Crippen LogP contribution in [0.1, 0.15) is 194 Å². The highest BCUT2D eigenvalue weighted by atomic mass is 31.2. The van der Waals surface area contributed by atoms with E-state index >= 15 is 0 Å². The van der Waals surface area contributed by atoms with E-state index in [0.29, 0.717) is 17.4 Å². The summed E-state index contributed by atoms with van der Waals surface area (Å²) < 4.78 is 33.9. The fraction of sp³-hybridized carbons (Fsp3) is 0.864. The van der Waals surface area contributed by atoms with Crippen molar-refractivity contribution in [2.24, 2.45) is 0 Å². The summed E-state index contributed by atoms with van der Waals surface area (Å²) in [7, 11) is 1.16. The minimum absolute atomic E-state index is 0.0319. The summed E-state index contributed by atoms with van der Waals surface area (Å²) >= 11 is 0. The lowest BCUT2D eigenvalue weighted by molar-refractivity contribution is -0.870. The van der Waals surface area contributed by atoms with Gasteiger partial charge in [0.2, 0.25) is 0 Å². The molecule has 0 aliphatic rings. The van der Waals surface area contributed by atoms with Crippen LogP contribution in [0.4, 0.5) is 0 Å². The summed E-state index contributed by atoms with van der Waals surface area (Å²) in [5.74, 6) is -0.847. The average molecular weight is 786 g/mol. The SMILES string of the molecule is CCCCC/C=C\CCCCCCCC(=O)OCC(COP(=O)([O-])OCC[N+](C)(C)C)OC(=O)CCCCCCCCC/C=C\CCCCCCCCC. The number of ether oxygens (including phenoxy) is 2. The molecule has 54 heavy (non-hydrogen) atoms. The molecule has 9 nitrogen and oxygen atoms in total. The lowest BCUT2D eigenvalue weighted by atomic mass is 10.1. The number of allylic oxidation sites excluding steroid dienone is 4. The first kappa shape index (κ1) is 52.5. The molecule has 2 unspecified atom stereocenters. The lowest BCUT2D eigenvalue weighted by Gasteiger charge is -2.28. The molecule has 0 saturated heterocycles. The van der Waals surface area contributed by atoms with Crippen LogP contribution in [-0.4, -0.2) is 70.0 Å². The minimum Gasteiger partial charge on any atom is -0.756 e. The van der Waals surface area contributed by atoms with Crippen LogP contribution in [0.2, 0.25) is 0 Å². The number of likely N-dealkylation sites (N-methyl/N-ethyl adjacent to an activating group) is 1. The van der Waals surface area contributed by atoms with Gasteiger partial charge in [0.05, 0.1) is 27.7 Å². The maximum Gasteiger partial charge on any atom is 0.306 e. The smallest absolute Gasteiger partial charge is 0.306 e. The molecule has 0 rings (SSSR count). The first-order valence-corrected chi connectivity index (χ1v) is 23.5. The van der Waals surface area contributed by atoms with Gasteiger partial charge in [0.1, 0.15) is 19.8 Å². The van der Waals surface area contributed by atoms with E-state index in [0.717, 1.165) is 64.2 Å². The predicted octanol–water partition coefficient (Wildman–Crippen LogP) is 11.7. The standard InChI is InChI=1S/C44H84NO8P/c1-6-8-10-12-14-16-18-20-21-22-23-24-25-27-29-31-33-35-37-44(47)53-42(41-52-54(48,49)51-39-38-45(3,4)5)40-50-43(46)36-34-32-30-28-26-19-17-15-13-11-9-7-2/h15,17,21-22,42H,6-14,16,18-20,23-41H2,1-5H3/b17-15-,22-21-. The molecule has 10 heteroatoms. The third-order valence-corrected chi connectivity index (χ3v) is 10.4. The zero-order valence-corrected chi connectivity index (χ0v) is 36.6. The molecule has 0 aromatic heterocycles. The molecule has 0 spiro atoms. The Hall–Kier alpha value is -1.51. The number of carbonyl (C=O) groups excluding carboxylic acids is 2. The largest absolute Gasteiger partial charge is 0.756 e. The molecule has 0 aromatic rings. The summed E-state index contributed by atoms with van der Waals surface area (Å²) in [4.78, 5) is 37.5. The number of phosphoric acid groups is 1. The molecule has 0 saturated carbocycles. The molecule has 318 valence electrons. The van der Waals surface area contributed by atoms with Crippen molar-refractivity contribution in [1.82, 2.24) is 0 Å². The first-order chi connectivity index (χ1) is 26.0. The van der Waals surface area contributed by atoms with Crippen molar-refractivity contribution in [2.45, 2.75) is 200 Å². The van der Waals surface area contributed by atoms with Crippen molar-refractivity contribution < 1.29 is 42.1 Å². The molecule has 0 bridgehead atoms. The normalized spacial score (nSPS) is 13.8. The Morgan fingerprint density at radius 2 is 0.944 bits per heavy atom. The number of esters is 2. The van der Waals surface area contributed by atoms with Crippen molar-refractivity contribution in [3.8, 4) is 0 Å². The number of nitrogens with zero attached hydrogens (tertiary/aromatic N) is 1. The summed E-state index contributed by atoms with van der Waals surface area (Å²) in [5.41, 5.74) is 0. The molecule has 0 heterocycles. The maximum absolute atomic E-state index is 12.7. The molecular formula is C44H84NO8P. The van der Waals surface area contributed by atoms with E-state index in [1.54, 1.807) is 0 Å². The lowest BCUT2D eigenvalue weighted by Crippen LogP contribution is -2.37. The van der Waals surface area contributed by atoms with Gasteiger partial charge in [-0.3, -0.25) is 14.2 Å². The number of quaternary nitrogens is 1. The van der Waals surface area contributed by atoms with Crippen molar-refractivity contribution >= 4 is 19.8 Å². The Balaban J connectivity index is 4.34. The van der Waals surface area contributed by atoms with E-state index in [2.05, 4.69) is 38.2 Å². The summed E-state index contributed by atoms with van der Waals surface area (Å²) in [6, 6.07) is 0. The van der Waals surface area contributed by atoms with Gasteiger partial charge in [0, 0.05) is 12.8 Å². The third-order valence-electron chi connectivity index (χ3n) is 9.44. The van der Waals surface area contributed by atoms with Crippen molar-refractivity contribution in [2.75, 3.05) is 47.5 Å². The van der Waals surface area contributed by atoms with E-state index in [-0.39, 0.29) is 26.1 Å². The highest BCUT2D eigenvalue weighted by molar-refractivity contribution is 7.45. The fourth-order valence-electron chi connectivity index (χ4n) is 5.94. The first-order valence-electron chi connectivity index (χ1n) is 22.0. The highest BCUT2D eigenvalue weighted by Gasteiger charge is 2.21. The topological polar surface area (TPSA) is 111 Å². The number of hydrogen-bond acceptors (Lipinski definition) is 8. The van der Waals surface area contributed by atoms with Gasteiger partial charge in [-0.1, -0.05) is 141 Å². The van der Waals surface area contributed by atoms with E-state index in [1.807, 2.05) is 21.1 Å². The van der Waals surface area contributed by atoms with E-state index < -0.39 is 32.5 Å². The van der Waals surface area contributed by atoms with Gasteiger partial charge in [0.25, 0.3) is 7.82 Å². The molecule has 0 aromatic carbocycles. The number of carbonyl (C=O) groups is 2. The predicted molar refractivity (Wildman–Crippen MR) is 222 cm³/mol. The Kier molecular flexibility index (Phi) is 36.1. The number of rotatable bonds is 40. The fourth-order valence-corrected chi connectivity index (χ4v) is 6.67. The summed E-state index contributed by atoms with van der Waals surface area (Å²) in [6.45, 7) is 4.19. The molecule has 2 atom stereocenters. The quantitative estimate of drug-likeness (QED) is 0.0198. The zero-order chi connectivity index (χ0) is 40.0. The second-order valence-electron chi connectivity index (χ2n) is 16.1. The highest BCUT2D eigenvalue weighted by Crippen LogP contribution is 2.38. The van der Waals surface area contributed by atoms with Gasteiger partial charge >= 0.3 is 11.9 Å². The van der Waals surface area contributed by atoms with Gasteiger partial charge in [-0.2, -0.15) is 0 Å². The minimum atomic E-state index is -4.62. The Labute approximate surface area is 332 Å². The van der Waals surface area contributed by atoms with Gasteiger partial charge in [-0.15, -0.1) is 0 Å². The number of phosphoric ester groups is 1. The molecule has 0 N–H and O–H groups in total. The van der Waals surface area contributed by atoms with Crippen LogP contribution in [0.5, 0.6) is 0 Å². The Morgan fingerprint density at radius 1 is 0.556 bits per heavy atom. The summed E-state index contributed by atoms with van der Waals surface area (Å²) in [5, 5.41) is 0. The zero-order valence-electron chi connectivity index (χ0n) is 35.7. The van der Waals surface area contributed by atoms with Gasteiger partial charge in [0.15, 0.2) is 6.10 Å². The van der Waals surface area contributed by atoms with E-state index in [4.69, 9.17) is 18.5 Å². The summed E-state index contributed by atoms with van der Waals surface area (Å²) in [6.07, 6.45) is 39.1. The van der Waals surface area contributed by atoms with Gasteiger partial charge in [-0.25, -0.2) is 0 Å². The van der Waals surface area contributed by atoms with Crippen LogP contribution < -0.4 is 4.89 Å². The molecular weight excluding hydrogens is 701 g/mol. The van der Waals surface area contributed by atoms with Crippen molar-refractivity contribution in [1.29, 1.82) is 0 Å². The molecule has 0 radical (unpaired) electrons. The van der Waals surface area contributed by atoms with Crippen LogP contribution >= 0.6 is 7.82 Å². The third kappa shape index (κ3) is 40.2. The number of unbranched alkanes of at least 4 members (excludes halogenated alkanes) is 22. The second kappa shape index (κ2) is 37.1. The average Bonchev–Trinajstić information content (AvgIpc) is 3.12. The van der Waals surface area contributed by atoms with Crippen molar-refractivity contribution in [3.05, 3.63) is 24.3 Å². The number of hydrogen-bond donors (Lipinski definition) is 0. The molecule has 0 fully saturated rings. The van der Waals surface area contributed by atoms with Gasteiger partial charge in [-0.05, 0) is 64.2 Å². The Morgan fingerprint density at radius 3 is 1.41 bits per heavy atom. The van der Waals surface area contributed by atoms with Gasteiger partial charge < -0.3 is 27.9 Å². The van der Waals surface area contributed by atoms with Crippen LogP contribution in [0.15, 0.2) is 24.3 Å². The van der Waals surface area contributed by atoms with E-state index in [9.17, 15) is 19.0 Å². The van der Waals surface area contributed by atoms with Crippen LogP contribution in [0.25, 0.3) is 0 Å². The monoisotopic (exact) mass is 786 g/mol. The van der Waals surface area contributed by atoms with Crippen LogP contribution in [0, 0.1) is 0 Å². The molecule has 0 aliphatic heterocycles. The van der Waals surface area contributed by atoms with Crippen molar-refractivity contribution in [3.63, 3.8) is 0 Å². The second-order valence-corrected chi connectivity index (χ2v) is 17.5. The maximum atomic E-state index is 12.7. The van der Waals surface area contributed by atoms with Crippen LogP contribution in [0.3, 0.4) is 0 Å². The van der Waals surface area contributed by atoms with E-state index in [1.165, 1.54) is 96.3 Å². The van der Waals surface area contributed by atoms with Crippen LogP contribution in [-0.2, 0) is 32.7 Å². The Bertz CT molecular complexity index is 980. The molecule has 0 amide bonds.